The lowest BCUT2D eigenvalue weighted by Crippen LogP contribution is -2.11. The molecule has 0 aliphatic heterocycles. The van der Waals surface area contributed by atoms with Crippen molar-refractivity contribution in [3.05, 3.63) is 54.7 Å². The Labute approximate surface area is 115 Å². The van der Waals surface area contributed by atoms with E-state index < -0.39 is 0 Å². The van der Waals surface area contributed by atoms with Crippen LogP contribution in [0.1, 0.15) is 17.4 Å². The van der Waals surface area contributed by atoms with Gasteiger partial charge in [-0.05, 0) is 19.1 Å². The van der Waals surface area contributed by atoms with E-state index in [0.29, 0.717) is 12.3 Å². The molecule has 0 aliphatic carbocycles. The van der Waals surface area contributed by atoms with Gasteiger partial charge in [0, 0.05) is 5.39 Å². The molecule has 20 heavy (non-hydrogen) atoms. The highest BCUT2D eigenvalue weighted by Gasteiger charge is 2.17. The summed E-state index contributed by atoms with van der Waals surface area (Å²) in [5.41, 5.74) is 2.13. The van der Waals surface area contributed by atoms with Crippen LogP contribution in [0.25, 0.3) is 16.6 Å². The van der Waals surface area contributed by atoms with Crippen LogP contribution in [-0.2, 0) is 4.74 Å². The van der Waals surface area contributed by atoms with Gasteiger partial charge in [0.1, 0.15) is 12.0 Å². The number of carbonyl (C=O) groups excluding carboxylic acids is 1. The largest absolute Gasteiger partial charge is 0.461 e. The van der Waals surface area contributed by atoms with Crippen LogP contribution in [0.2, 0.25) is 0 Å². The van der Waals surface area contributed by atoms with Gasteiger partial charge in [-0.25, -0.2) is 14.8 Å². The zero-order valence-corrected chi connectivity index (χ0v) is 11.0. The molecule has 0 N–H and O–H groups in total. The van der Waals surface area contributed by atoms with Gasteiger partial charge in [0.05, 0.1) is 30.2 Å². The Kier molecular flexibility index (Phi) is 3.16. The van der Waals surface area contributed by atoms with E-state index in [1.54, 1.807) is 19.3 Å². The Morgan fingerprint density at radius 2 is 2.00 bits per heavy atom. The van der Waals surface area contributed by atoms with Gasteiger partial charge in [0.2, 0.25) is 0 Å². The third kappa shape index (κ3) is 2.03. The van der Waals surface area contributed by atoms with E-state index in [-0.39, 0.29) is 5.97 Å². The Hall–Kier alpha value is -2.69. The molecule has 3 aromatic rings. The molecule has 0 fully saturated rings. The molecule has 2 aromatic heterocycles. The smallest absolute Gasteiger partial charge is 0.355 e. The van der Waals surface area contributed by atoms with E-state index in [1.165, 1.54) is 6.33 Å². The van der Waals surface area contributed by atoms with Crippen molar-refractivity contribution in [2.24, 2.45) is 0 Å². The molecule has 1 aromatic carbocycles. The van der Waals surface area contributed by atoms with Crippen molar-refractivity contribution in [1.82, 2.24) is 14.5 Å². The predicted octanol–water partition coefficient (Wildman–Crippen LogP) is 2.60. The van der Waals surface area contributed by atoms with Crippen LogP contribution in [0.4, 0.5) is 0 Å². The minimum absolute atomic E-state index is 0.339. The second kappa shape index (κ2) is 5.13. The van der Waals surface area contributed by atoms with E-state index in [9.17, 15) is 4.79 Å². The van der Waals surface area contributed by atoms with Gasteiger partial charge in [-0.15, -0.1) is 0 Å². The number of fused-ring (bicyclic) bond motifs is 1. The van der Waals surface area contributed by atoms with Crippen molar-refractivity contribution < 1.29 is 9.53 Å². The Morgan fingerprint density at radius 3 is 2.75 bits per heavy atom. The average molecular weight is 267 g/mol. The lowest BCUT2D eigenvalue weighted by Gasteiger charge is -2.09. The zero-order valence-electron chi connectivity index (χ0n) is 11.0. The maximum absolute atomic E-state index is 12.1. The summed E-state index contributed by atoms with van der Waals surface area (Å²) in [7, 11) is 0. The predicted molar refractivity (Wildman–Crippen MR) is 74.8 cm³/mol. The fourth-order valence-corrected chi connectivity index (χ4v) is 2.19. The van der Waals surface area contributed by atoms with Crippen LogP contribution >= 0.6 is 0 Å². The first kappa shape index (κ1) is 12.3. The van der Waals surface area contributed by atoms with Gasteiger partial charge in [0.15, 0.2) is 0 Å². The lowest BCUT2D eigenvalue weighted by molar-refractivity contribution is 0.0517. The van der Waals surface area contributed by atoms with E-state index in [0.717, 1.165) is 16.6 Å². The Bertz CT molecular complexity index is 750. The van der Waals surface area contributed by atoms with E-state index in [4.69, 9.17) is 4.74 Å². The molecule has 3 rings (SSSR count). The number of ether oxygens (including phenoxy) is 1. The summed E-state index contributed by atoms with van der Waals surface area (Å²) in [6.07, 6.45) is 4.80. The first-order valence-electron chi connectivity index (χ1n) is 6.34. The van der Waals surface area contributed by atoms with Crippen molar-refractivity contribution in [3.63, 3.8) is 0 Å². The highest BCUT2D eigenvalue weighted by Crippen LogP contribution is 2.24. The van der Waals surface area contributed by atoms with Gasteiger partial charge in [-0.1, -0.05) is 18.2 Å². The molecule has 5 heteroatoms. The summed E-state index contributed by atoms with van der Waals surface area (Å²) in [4.78, 5) is 20.1. The first-order valence-corrected chi connectivity index (χ1v) is 6.34. The standard InChI is InChI=1S/C15H13N3O2/c1-2-20-15(19)14-7-11-5-3-4-6-13(11)18(14)12-8-16-10-17-9-12/h3-10H,2H2,1H3. The number of carbonyl (C=O) groups is 1. The van der Waals surface area contributed by atoms with Crippen molar-refractivity contribution >= 4 is 16.9 Å². The SMILES string of the molecule is CCOC(=O)c1cc2ccccc2n1-c1cncnc1. The summed E-state index contributed by atoms with van der Waals surface area (Å²) >= 11 is 0. The summed E-state index contributed by atoms with van der Waals surface area (Å²) in [6, 6.07) is 9.59. The number of aromatic nitrogens is 3. The van der Waals surface area contributed by atoms with Crippen molar-refractivity contribution in [1.29, 1.82) is 0 Å². The highest BCUT2D eigenvalue weighted by molar-refractivity contribution is 5.97. The number of esters is 1. The molecule has 0 amide bonds. The van der Waals surface area contributed by atoms with Crippen molar-refractivity contribution in [2.45, 2.75) is 6.92 Å². The van der Waals surface area contributed by atoms with Gasteiger partial charge in [-0.2, -0.15) is 0 Å². The van der Waals surface area contributed by atoms with Crippen molar-refractivity contribution in [2.75, 3.05) is 6.61 Å². The van der Waals surface area contributed by atoms with Gasteiger partial charge in [0.25, 0.3) is 0 Å². The number of nitrogens with zero attached hydrogens (tertiary/aromatic N) is 3. The Balaban J connectivity index is 2.26. The van der Waals surface area contributed by atoms with Crippen LogP contribution in [0.15, 0.2) is 49.1 Å². The minimum atomic E-state index is -0.354. The monoisotopic (exact) mass is 267 g/mol. The molecule has 0 radical (unpaired) electrons. The fraction of sp³-hybridized carbons (Fsp3) is 0.133. The molecule has 0 unspecified atom stereocenters. The molecule has 5 nitrogen and oxygen atoms in total. The topological polar surface area (TPSA) is 57.0 Å². The van der Waals surface area contributed by atoms with E-state index >= 15 is 0 Å². The third-order valence-corrected chi connectivity index (χ3v) is 3.00. The number of hydrogen-bond acceptors (Lipinski definition) is 4. The van der Waals surface area contributed by atoms with Crippen molar-refractivity contribution in [3.8, 4) is 5.69 Å². The molecule has 0 spiro atoms. The second-order valence-corrected chi connectivity index (χ2v) is 4.24. The summed E-state index contributed by atoms with van der Waals surface area (Å²) in [5.74, 6) is -0.354. The lowest BCUT2D eigenvalue weighted by atomic mass is 10.2. The van der Waals surface area contributed by atoms with Crippen LogP contribution in [-0.4, -0.2) is 27.1 Å². The van der Waals surface area contributed by atoms with Gasteiger partial charge >= 0.3 is 5.97 Å². The maximum atomic E-state index is 12.1. The Morgan fingerprint density at radius 1 is 1.25 bits per heavy atom. The summed E-state index contributed by atoms with van der Waals surface area (Å²) in [5, 5.41) is 0.972. The minimum Gasteiger partial charge on any atom is -0.461 e. The number of benzene rings is 1. The molecular formula is C15H13N3O2. The first-order chi connectivity index (χ1) is 9.81. The number of hydrogen-bond donors (Lipinski definition) is 0. The maximum Gasteiger partial charge on any atom is 0.355 e. The molecule has 2 heterocycles. The second-order valence-electron chi connectivity index (χ2n) is 4.24. The number of para-hydroxylation sites is 1. The zero-order chi connectivity index (χ0) is 13.9. The van der Waals surface area contributed by atoms with Gasteiger partial charge < -0.3 is 9.30 Å². The molecular weight excluding hydrogens is 254 g/mol. The number of rotatable bonds is 3. The van der Waals surface area contributed by atoms with Crippen LogP contribution in [0.5, 0.6) is 0 Å². The van der Waals surface area contributed by atoms with Gasteiger partial charge in [-0.3, -0.25) is 0 Å². The molecule has 0 atom stereocenters. The fourth-order valence-electron chi connectivity index (χ4n) is 2.19. The molecule has 0 saturated heterocycles. The third-order valence-electron chi connectivity index (χ3n) is 3.00. The molecule has 0 bridgehead atoms. The summed E-state index contributed by atoms with van der Waals surface area (Å²) in [6.45, 7) is 2.13. The normalized spacial score (nSPS) is 10.7. The average Bonchev–Trinajstić information content (AvgIpc) is 2.88. The van der Waals surface area contributed by atoms with Crippen LogP contribution < -0.4 is 0 Å². The summed E-state index contributed by atoms with van der Waals surface area (Å²) < 4.78 is 6.93. The molecule has 100 valence electrons. The highest BCUT2D eigenvalue weighted by atomic mass is 16.5. The van der Waals surface area contributed by atoms with E-state index in [2.05, 4.69) is 9.97 Å². The van der Waals surface area contributed by atoms with E-state index in [1.807, 2.05) is 34.9 Å². The quantitative estimate of drug-likeness (QED) is 0.684. The molecule has 0 aliphatic rings. The molecule has 0 saturated carbocycles. The van der Waals surface area contributed by atoms with Crippen LogP contribution in [0, 0.1) is 0 Å². The van der Waals surface area contributed by atoms with Crippen LogP contribution in [0.3, 0.4) is 0 Å².